The van der Waals surface area contributed by atoms with Gasteiger partial charge in [-0.15, -0.1) is 0 Å². The molecule has 0 unspecified atom stereocenters. The van der Waals surface area contributed by atoms with Gasteiger partial charge in [-0.25, -0.2) is 4.39 Å². The fourth-order valence-corrected chi connectivity index (χ4v) is 3.87. The summed E-state index contributed by atoms with van der Waals surface area (Å²) in [5.41, 5.74) is 2.40. The van der Waals surface area contributed by atoms with Gasteiger partial charge in [0.1, 0.15) is 11.4 Å². The number of fused-ring (bicyclic) bond motifs is 1. The molecule has 0 bridgehead atoms. The molecule has 5 nitrogen and oxygen atoms in total. The second-order valence-corrected chi connectivity index (χ2v) is 8.04. The number of carbonyl (C=O) groups is 2. The van der Waals surface area contributed by atoms with Crippen LogP contribution in [0.25, 0.3) is 5.69 Å². The summed E-state index contributed by atoms with van der Waals surface area (Å²) in [6.45, 7) is 4.16. The van der Waals surface area contributed by atoms with Crippen molar-refractivity contribution in [2.75, 3.05) is 5.32 Å². The van der Waals surface area contributed by atoms with Crippen LogP contribution in [0.5, 0.6) is 0 Å². The molecule has 1 heterocycles. The van der Waals surface area contributed by atoms with Gasteiger partial charge in [0.15, 0.2) is 5.78 Å². The van der Waals surface area contributed by atoms with Gasteiger partial charge in [0.05, 0.1) is 0 Å². The first-order chi connectivity index (χ1) is 14.8. The molecular formula is C25H23FN2O3. The van der Waals surface area contributed by atoms with Crippen LogP contribution in [-0.2, 0) is 6.42 Å². The first-order valence-electron chi connectivity index (χ1n) is 10.3. The molecule has 3 aromatic rings. The maximum absolute atomic E-state index is 13.4. The second-order valence-electron chi connectivity index (χ2n) is 8.04. The maximum Gasteiger partial charge on any atom is 0.268 e. The van der Waals surface area contributed by atoms with E-state index in [1.54, 1.807) is 12.1 Å². The topological polar surface area (TPSA) is 68.2 Å². The Hall–Kier alpha value is -3.54. The molecule has 158 valence electrons. The lowest BCUT2D eigenvalue weighted by Crippen LogP contribution is -2.33. The molecule has 1 amide bonds. The number of Topliss-reactive ketones (excluding diaryl/α,β-unsaturated/α-hetero) is 1. The number of anilines is 1. The standard InChI is InChI=1S/C25H23FN2O3/c1-15(2)16-6-10-18(11-7-16)27-24(30)21-14-20-22(4-3-5-23(20)29)28(25(21)31)19-12-8-17(26)9-13-19/h6-15H,3-5H2,1-2H3,(H,27,30). The zero-order valence-electron chi connectivity index (χ0n) is 17.4. The largest absolute Gasteiger partial charge is 0.322 e. The number of benzene rings is 2. The highest BCUT2D eigenvalue weighted by atomic mass is 19.1. The summed E-state index contributed by atoms with van der Waals surface area (Å²) in [7, 11) is 0. The third-order valence-electron chi connectivity index (χ3n) is 5.59. The molecule has 0 aliphatic heterocycles. The summed E-state index contributed by atoms with van der Waals surface area (Å²) in [6.07, 6.45) is 1.53. The predicted octanol–water partition coefficient (Wildman–Crippen LogP) is 4.87. The summed E-state index contributed by atoms with van der Waals surface area (Å²) in [6, 6.07) is 14.3. The summed E-state index contributed by atoms with van der Waals surface area (Å²) in [4.78, 5) is 38.9. The van der Waals surface area contributed by atoms with E-state index in [-0.39, 0.29) is 11.3 Å². The van der Waals surface area contributed by atoms with Gasteiger partial charge in [-0.3, -0.25) is 19.0 Å². The molecular weight excluding hydrogens is 395 g/mol. The highest BCUT2D eigenvalue weighted by Crippen LogP contribution is 2.24. The van der Waals surface area contributed by atoms with Crippen LogP contribution in [0.1, 0.15) is 64.6 Å². The van der Waals surface area contributed by atoms with Crippen molar-refractivity contribution >= 4 is 17.4 Å². The number of nitrogens with one attached hydrogen (secondary N) is 1. The number of pyridine rings is 1. The van der Waals surface area contributed by atoms with E-state index < -0.39 is 17.3 Å². The van der Waals surface area contributed by atoms with E-state index in [1.165, 1.54) is 34.9 Å². The van der Waals surface area contributed by atoms with Gasteiger partial charge in [-0.2, -0.15) is 0 Å². The van der Waals surface area contributed by atoms with Crippen LogP contribution < -0.4 is 10.9 Å². The molecule has 4 rings (SSSR count). The van der Waals surface area contributed by atoms with E-state index in [0.717, 1.165) is 5.56 Å². The molecule has 1 aromatic heterocycles. The number of rotatable bonds is 4. The van der Waals surface area contributed by atoms with Crippen molar-refractivity contribution in [3.8, 4) is 5.69 Å². The molecule has 2 aromatic carbocycles. The third-order valence-corrected chi connectivity index (χ3v) is 5.59. The molecule has 0 fully saturated rings. The Morgan fingerprint density at radius 1 is 1.00 bits per heavy atom. The molecule has 31 heavy (non-hydrogen) atoms. The third kappa shape index (κ3) is 4.06. The minimum atomic E-state index is -0.584. The summed E-state index contributed by atoms with van der Waals surface area (Å²) in [5, 5.41) is 2.75. The molecule has 0 spiro atoms. The number of amides is 1. The predicted molar refractivity (Wildman–Crippen MR) is 118 cm³/mol. The Balaban J connectivity index is 1.79. The van der Waals surface area contributed by atoms with Crippen LogP contribution >= 0.6 is 0 Å². The van der Waals surface area contributed by atoms with Crippen molar-refractivity contribution < 1.29 is 14.0 Å². The lowest BCUT2D eigenvalue weighted by molar-refractivity contribution is 0.0971. The summed E-state index contributed by atoms with van der Waals surface area (Å²) in [5.74, 6) is -0.758. The summed E-state index contributed by atoms with van der Waals surface area (Å²) < 4.78 is 14.8. The smallest absolute Gasteiger partial charge is 0.268 e. The number of halogens is 1. The van der Waals surface area contributed by atoms with Crippen LogP contribution in [0.2, 0.25) is 0 Å². The molecule has 1 N–H and O–H groups in total. The molecule has 0 saturated heterocycles. The number of aromatic nitrogens is 1. The van der Waals surface area contributed by atoms with Gasteiger partial charge >= 0.3 is 0 Å². The van der Waals surface area contributed by atoms with Crippen molar-refractivity contribution in [3.05, 3.63) is 93.2 Å². The molecule has 1 aliphatic carbocycles. The molecule has 6 heteroatoms. The van der Waals surface area contributed by atoms with E-state index in [0.29, 0.717) is 47.8 Å². The fraction of sp³-hybridized carbons (Fsp3) is 0.240. The fourth-order valence-electron chi connectivity index (χ4n) is 3.87. The van der Waals surface area contributed by atoms with Gasteiger partial charge in [0.25, 0.3) is 11.5 Å². The van der Waals surface area contributed by atoms with Crippen molar-refractivity contribution in [1.29, 1.82) is 0 Å². The monoisotopic (exact) mass is 418 g/mol. The van der Waals surface area contributed by atoms with Gasteiger partial charge < -0.3 is 5.32 Å². The lowest BCUT2D eigenvalue weighted by Gasteiger charge is -2.21. The highest BCUT2D eigenvalue weighted by molar-refractivity contribution is 6.06. The Bertz CT molecular complexity index is 1210. The van der Waals surface area contributed by atoms with Crippen molar-refractivity contribution in [2.24, 2.45) is 0 Å². The normalized spacial score (nSPS) is 13.2. The number of hydrogen-bond donors (Lipinski definition) is 1. The van der Waals surface area contributed by atoms with E-state index in [4.69, 9.17) is 0 Å². The Kier molecular flexibility index (Phi) is 5.55. The Labute approximate surface area is 179 Å². The van der Waals surface area contributed by atoms with Gasteiger partial charge in [-0.05, 0) is 66.8 Å². The second kappa shape index (κ2) is 8.30. The van der Waals surface area contributed by atoms with Crippen LogP contribution in [0.4, 0.5) is 10.1 Å². The average molecular weight is 418 g/mol. The molecule has 0 saturated carbocycles. The van der Waals surface area contributed by atoms with Crippen LogP contribution in [0, 0.1) is 5.82 Å². The highest BCUT2D eigenvalue weighted by Gasteiger charge is 2.26. The molecule has 1 aliphatic rings. The molecule has 0 radical (unpaired) electrons. The number of ketones is 1. The van der Waals surface area contributed by atoms with Crippen LogP contribution in [-0.4, -0.2) is 16.3 Å². The SMILES string of the molecule is CC(C)c1ccc(NC(=O)c2cc3c(n(-c4ccc(F)cc4)c2=O)CCCC3=O)cc1. The van der Waals surface area contributed by atoms with Gasteiger partial charge in [-0.1, -0.05) is 26.0 Å². The first-order valence-corrected chi connectivity index (χ1v) is 10.3. The van der Waals surface area contributed by atoms with Gasteiger partial charge in [0.2, 0.25) is 0 Å². The number of nitrogens with zero attached hydrogens (tertiary/aromatic N) is 1. The van der Waals surface area contributed by atoms with Crippen molar-refractivity contribution in [1.82, 2.24) is 4.57 Å². The first kappa shape index (κ1) is 20.7. The zero-order chi connectivity index (χ0) is 22.1. The quantitative estimate of drug-likeness (QED) is 0.657. The van der Waals surface area contributed by atoms with Gasteiger partial charge in [0, 0.05) is 29.1 Å². The van der Waals surface area contributed by atoms with Crippen molar-refractivity contribution in [3.63, 3.8) is 0 Å². The van der Waals surface area contributed by atoms with E-state index in [2.05, 4.69) is 19.2 Å². The summed E-state index contributed by atoms with van der Waals surface area (Å²) >= 11 is 0. The minimum Gasteiger partial charge on any atom is -0.322 e. The van der Waals surface area contributed by atoms with Crippen LogP contribution in [0.15, 0.2) is 59.4 Å². The Morgan fingerprint density at radius 3 is 2.32 bits per heavy atom. The maximum atomic E-state index is 13.4. The minimum absolute atomic E-state index is 0.104. The van der Waals surface area contributed by atoms with E-state index >= 15 is 0 Å². The van der Waals surface area contributed by atoms with Crippen LogP contribution in [0.3, 0.4) is 0 Å². The van der Waals surface area contributed by atoms with Crippen molar-refractivity contribution in [2.45, 2.75) is 39.0 Å². The molecule has 0 atom stereocenters. The lowest BCUT2D eigenvalue weighted by atomic mass is 9.92. The van der Waals surface area contributed by atoms with E-state index in [1.807, 2.05) is 12.1 Å². The Morgan fingerprint density at radius 2 is 1.68 bits per heavy atom. The average Bonchev–Trinajstić information content (AvgIpc) is 2.75. The van der Waals surface area contributed by atoms with E-state index in [9.17, 15) is 18.8 Å². The zero-order valence-corrected chi connectivity index (χ0v) is 17.4. The number of hydrogen-bond acceptors (Lipinski definition) is 3. The number of carbonyl (C=O) groups excluding carboxylic acids is 2.